The van der Waals surface area contributed by atoms with Crippen molar-refractivity contribution in [1.29, 1.82) is 0 Å². The lowest BCUT2D eigenvalue weighted by Crippen LogP contribution is -2.32. The van der Waals surface area contributed by atoms with Crippen molar-refractivity contribution in [2.24, 2.45) is 0 Å². The number of ether oxygens (including phenoxy) is 1. The van der Waals surface area contributed by atoms with Crippen molar-refractivity contribution in [3.8, 4) is 0 Å². The topological polar surface area (TPSA) is 34.1 Å². The van der Waals surface area contributed by atoms with Crippen LogP contribution in [0.3, 0.4) is 0 Å². The maximum Gasteiger partial charge on any atom is 0.0971 e. The SMILES string of the molecule is CO[C@@H](c1ccccc1)[C@@H](C)NCc1sc(C)nc1C. The van der Waals surface area contributed by atoms with Crippen molar-refractivity contribution >= 4 is 11.3 Å². The predicted octanol–water partition coefficient (Wildman–Crippen LogP) is 3.63. The molecule has 0 unspecified atom stereocenters. The van der Waals surface area contributed by atoms with Crippen molar-refractivity contribution in [1.82, 2.24) is 10.3 Å². The molecule has 0 saturated heterocycles. The molecule has 1 N–H and O–H groups in total. The molecule has 2 aromatic rings. The predicted molar refractivity (Wildman–Crippen MR) is 84.1 cm³/mol. The Bertz CT molecular complexity index is 539. The number of thiazole rings is 1. The smallest absolute Gasteiger partial charge is 0.0971 e. The summed E-state index contributed by atoms with van der Waals surface area (Å²) in [4.78, 5) is 5.76. The molecule has 0 aliphatic carbocycles. The molecule has 0 amide bonds. The van der Waals surface area contributed by atoms with Crippen LogP contribution in [0.1, 0.15) is 34.2 Å². The number of methoxy groups -OCH3 is 1. The van der Waals surface area contributed by atoms with Crippen LogP contribution < -0.4 is 5.32 Å². The second-order valence-corrected chi connectivity index (χ2v) is 6.27. The van der Waals surface area contributed by atoms with Crippen molar-refractivity contribution in [3.63, 3.8) is 0 Å². The zero-order valence-corrected chi connectivity index (χ0v) is 13.3. The molecule has 0 bridgehead atoms. The van der Waals surface area contributed by atoms with Crippen molar-refractivity contribution in [2.45, 2.75) is 39.5 Å². The molecule has 0 spiro atoms. The Hall–Kier alpha value is -1.23. The molecule has 0 fully saturated rings. The Balaban J connectivity index is 2.00. The molecule has 0 radical (unpaired) electrons. The van der Waals surface area contributed by atoms with Gasteiger partial charge in [-0.25, -0.2) is 4.98 Å². The molecular formula is C16H22N2OS. The van der Waals surface area contributed by atoms with E-state index in [2.05, 4.69) is 36.3 Å². The molecule has 1 aromatic heterocycles. The summed E-state index contributed by atoms with van der Waals surface area (Å²) < 4.78 is 5.65. The second kappa shape index (κ2) is 6.97. The average molecular weight is 290 g/mol. The fourth-order valence-electron chi connectivity index (χ4n) is 2.37. The summed E-state index contributed by atoms with van der Waals surface area (Å²) in [5.41, 5.74) is 2.33. The first kappa shape index (κ1) is 15.2. The molecular weight excluding hydrogens is 268 g/mol. The highest BCUT2D eigenvalue weighted by Gasteiger charge is 2.18. The minimum atomic E-state index is 0.0607. The van der Waals surface area contributed by atoms with Crippen LogP contribution in [0, 0.1) is 13.8 Å². The van der Waals surface area contributed by atoms with Crippen LogP contribution in [0.4, 0.5) is 0 Å². The number of hydrogen-bond donors (Lipinski definition) is 1. The van der Waals surface area contributed by atoms with Gasteiger partial charge in [-0.05, 0) is 26.3 Å². The number of benzene rings is 1. The first-order valence-electron chi connectivity index (χ1n) is 6.86. The van der Waals surface area contributed by atoms with E-state index in [4.69, 9.17) is 4.74 Å². The molecule has 0 saturated carbocycles. The van der Waals surface area contributed by atoms with Gasteiger partial charge < -0.3 is 10.1 Å². The largest absolute Gasteiger partial charge is 0.375 e. The Morgan fingerprint density at radius 2 is 1.95 bits per heavy atom. The van der Waals surface area contributed by atoms with Crippen molar-refractivity contribution in [2.75, 3.05) is 7.11 Å². The third-order valence-electron chi connectivity index (χ3n) is 3.42. The van der Waals surface area contributed by atoms with E-state index in [1.165, 1.54) is 10.4 Å². The van der Waals surface area contributed by atoms with Gasteiger partial charge in [-0.3, -0.25) is 0 Å². The zero-order chi connectivity index (χ0) is 14.5. The van der Waals surface area contributed by atoms with E-state index in [1.807, 2.05) is 25.1 Å². The number of nitrogens with zero attached hydrogens (tertiary/aromatic N) is 1. The Morgan fingerprint density at radius 3 is 2.50 bits per heavy atom. The fraction of sp³-hybridized carbons (Fsp3) is 0.438. The lowest BCUT2D eigenvalue weighted by Gasteiger charge is -2.24. The van der Waals surface area contributed by atoms with Crippen molar-refractivity contribution < 1.29 is 4.74 Å². The first-order valence-corrected chi connectivity index (χ1v) is 7.67. The monoisotopic (exact) mass is 290 g/mol. The number of rotatable bonds is 6. The molecule has 3 nitrogen and oxygen atoms in total. The Kier molecular flexibility index (Phi) is 5.29. The maximum absolute atomic E-state index is 5.65. The van der Waals surface area contributed by atoms with Gasteiger partial charge in [0, 0.05) is 24.6 Å². The fourth-order valence-corrected chi connectivity index (χ4v) is 3.26. The molecule has 20 heavy (non-hydrogen) atoms. The number of aromatic nitrogens is 1. The summed E-state index contributed by atoms with van der Waals surface area (Å²) in [7, 11) is 1.76. The van der Waals surface area contributed by atoms with E-state index < -0.39 is 0 Å². The minimum absolute atomic E-state index is 0.0607. The van der Waals surface area contributed by atoms with E-state index in [0.29, 0.717) is 0 Å². The first-order chi connectivity index (χ1) is 9.61. The molecule has 2 atom stereocenters. The molecule has 1 heterocycles. The van der Waals surface area contributed by atoms with Gasteiger partial charge in [0.05, 0.1) is 16.8 Å². The average Bonchev–Trinajstić information content (AvgIpc) is 2.77. The Labute approximate surface area is 125 Å². The molecule has 108 valence electrons. The highest BCUT2D eigenvalue weighted by Crippen LogP contribution is 2.22. The summed E-state index contributed by atoms with van der Waals surface area (Å²) in [6.07, 6.45) is 0.0607. The van der Waals surface area contributed by atoms with Crippen LogP contribution in [0.2, 0.25) is 0 Å². The van der Waals surface area contributed by atoms with E-state index in [0.717, 1.165) is 17.2 Å². The van der Waals surface area contributed by atoms with Gasteiger partial charge in [-0.15, -0.1) is 11.3 Å². The third kappa shape index (κ3) is 3.66. The van der Waals surface area contributed by atoms with Crippen LogP contribution in [-0.2, 0) is 11.3 Å². The van der Waals surface area contributed by atoms with Crippen LogP contribution in [0.15, 0.2) is 30.3 Å². The maximum atomic E-state index is 5.65. The number of hydrogen-bond acceptors (Lipinski definition) is 4. The highest BCUT2D eigenvalue weighted by atomic mass is 32.1. The van der Waals surface area contributed by atoms with Crippen LogP contribution in [-0.4, -0.2) is 18.1 Å². The van der Waals surface area contributed by atoms with E-state index in [9.17, 15) is 0 Å². The molecule has 0 aliphatic rings. The van der Waals surface area contributed by atoms with Gasteiger partial charge in [0.25, 0.3) is 0 Å². The number of aryl methyl sites for hydroxylation is 2. The third-order valence-corrected chi connectivity index (χ3v) is 4.49. The minimum Gasteiger partial charge on any atom is -0.375 e. The quantitative estimate of drug-likeness (QED) is 0.882. The molecule has 2 rings (SSSR count). The lowest BCUT2D eigenvalue weighted by atomic mass is 10.0. The second-order valence-electron chi connectivity index (χ2n) is 4.98. The summed E-state index contributed by atoms with van der Waals surface area (Å²) in [5.74, 6) is 0. The van der Waals surface area contributed by atoms with Gasteiger partial charge in [0.2, 0.25) is 0 Å². The summed E-state index contributed by atoms with van der Waals surface area (Å²) >= 11 is 1.76. The summed E-state index contributed by atoms with van der Waals surface area (Å²) in [5, 5.41) is 4.67. The zero-order valence-electron chi connectivity index (χ0n) is 12.5. The normalized spacial score (nSPS) is 14.2. The Morgan fingerprint density at radius 1 is 1.25 bits per heavy atom. The van der Waals surface area contributed by atoms with Crippen LogP contribution in [0.25, 0.3) is 0 Å². The summed E-state index contributed by atoms with van der Waals surface area (Å²) in [6.45, 7) is 7.11. The molecule has 4 heteroatoms. The standard InChI is InChI=1S/C16H22N2OS/c1-11-15(20-13(3)18-11)10-17-12(2)16(19-4)14-8-6-5-7-9-14/h5-9,12,16-17H,10H2,1-4H3/t12-,16-/m1/s1. The summed E-state index contributed by atoms with van der Waals surface area (Å²) in [6, 6.07) is 10.6. The molecule has 1 aromatic carbocycles. The van der Waals surface area contributed by atoms with E-state index in [1.54, 1.807) is 18.4 Å². The van der Waals surface area contributed by atoms with E-state index in [-0.39, 0.29) is 12.1 Å². The van der Waals surface area contributed by atoms with Gasteiger partial charge >= 0.3 is 0 Å². The van der Waals surface area contributed by atoms with Crippen LogP contribution in [0.5, 0.6) is 0 Å². The van der Waals surface area contributed by atoms with E-state index >= 15 is 0 Å². The molecule has 0 aliphatic heterocycles. The van der Waals surface area contributed by atoms with Crippen molar-refractivity contribution in [3.05, 3.63) is 51.5 Å². The van der Waals surface area contributed by atoms with Gasteiger partial charge in [-0.1, -0.05) is 30.3 Å². The van der Waals surface area contributed by atoms with Gasteiger partial charge in [0.1, 0.15) is 0 Å². The van der Waals surface area contributed by atoms with Gasteiger partial charge in [-0.2, -0.15) is 0 Å². The lowest BCUT2D eigenvalue weighted by molar-refractivity contribution is 0.0730. The van der Waals surface area contributed by atoms with Gasteiger partial charge in [0.15, 0.2) is 0 Å². The number of nitrogens with one attached hydrogen (secondary N) is 1. The highest BCUT2D eigenvalue weighted by molar-refractivity contribution is 7.11. The van der Waals surface area contributed by atoms with Crippen LogP contribution >= 0.6 is 11.3 Å².